The SMILES string of the molecule is CC(=O)OC(C(C)=O)(C(=O)/C=C(\C)CCC=C(C)C)C(=O)OC(C)(C)C. The van der Waals surface area contributed by atoms with Crippen LogP contribution in [-0.4, -0.2) is 34.7 Å². The predicted molar refractivity (Wildman–Crippen MR) is 98.5 cm³/mol. The fraction of sp³-hybridized carbons (Fsp3) is 0.600. The summed E-state index contributed by atoms with van der Waals surface area (Å²) in [6.07, 6.45) is 4.47. The first-order valence-corrected chi connectivity index (χ1v) is 8.51. The molecule has 1 unspecified atom stereocenters. The molecule has 0 aromatic heterocycles. The van der Waals surface area contributed by atoms with Crippen LogP contribution in [0.4, 0.5) is 0 Å². The smallest absolute Gasteiger partial charge is 0.367 e. The molecule has 0 amide bonds. The Morgan fingerprint density at radius 1 is 0.885 bits per heavy atom. The second-order valence-electron chi connectivity index (χ2n) is 7.51. The van der Waals surface area contributed by atoms with E-state index >= 15 is 0 Å². The van der Waals surface area contributed by atoms with Gasteiger partial charge in [0.05, 0.1) is 0 Å². The molecular weight excluding hydrogens is 336 g/mol. The molecule has 6 nitrogen and oxygen atoms in total. The number of Topliss-reactive ketones (excluding diaryl/α,β-unsaturated/α-hetero) is 1. The zero-order valence-corrected chi connectivity index (χ0v) is 17.0. The van der Waals surface area contributed by atoms with Gasteiger partial charge in [0.2, 0.25) is 5.78 Å². The fourth-order valence-electron chi connectivity index (χ4n) is 2.13. The molecular formula is C20H30O6. The molecule has 0 radical (unpaired) electrons. The second kappa shape index (κ2) is 9.46. The molecule has 26 heavy (non-hydrogen) atoms. The number of allylic oxidation sites excluding steroid dienone is 3. The van der Waals surface area contributed by atoms with Gasteiger partial charge in [-0.2, -0.15) is 0 Å². The van der Waals surface area contributed by atoms with Crippen molar-refractivity contribution in [3.63, 3.8) is 0 Å². The van der Waals surface area contributed by atoms with E-state index in [9.17, 15) is 19.2 Å². The first-order valence-electron chi connectivity index (χ1n) is 8.51. The number of ketones is 2. The van der Waals surface area contributed by atoms with Crippen molar-refractivity contribution in [1.29, 1.82) is 0 Å². The van der Waals surface area contributed by atoms with Crippen LogP contribution < -0.4 is 0 Å². The molecule has 0 saturated carbocycles. The van der Waals surface area contributed by atoms with Crippen LogP contribution in [0.2, 0.25) is 0 Å². The van der Waals surface area contributed by atoms with Crippen molar-refractivity contribution in [3.8, 4) is 0 Å². The Morgan fingerprint density at radius 2 is 1.42 bits per heavy atom. The summed E-state index contributed by atoms with van der Waals surface area (Å²) in [4.78, 5) is 49.1. The van der Waals surface area contributed by atoms with Gasteiger partial charge < -0.3 is 9.47 Å². The third kappa shape index (κ3) is 7.33. The minimum absolute atomic E-state index is 0.569. The van der Waals surface area contributed by atoms with Crippen molar-refractivity contribution in [3.05, 3.63) is 23.3 Å². The van der Waals surface area contributed by atoms with E-state index in [0.717, 1.165) is 19.4 Å². The number of rotatable bonds is 8. The zero-order chi connectivity index (χ0) is 20.7. The summed E-state index contributed by atoms with van der Waals surface area (Å²) in [6, 6.07) is 0. The molecule has 0 spiro atoms. The number of hydrogen-bond donors (Lipinski definition) is 0. The van der Waals surface area contributed by atoms with Gasteiger partial charge in [-0.3, -0.25) is 14.4 Å². The van der Waals surface area contributed by atoms with Crippen LogP contribution in [0.1, 0.15) is 68.2 Å². The van der Waals surface area contributed by atoms with Gasteiger partial charge in [-0.25, -0.2) is 4.79 Å². The van der Waals surface area contributed by atoms with Crippen LogP contribution in [0.15, 0.2) is 23.3 Å². The maximum Gasteiger partial charge on any atom is 0.367 e. The Labute approximate surface area is 155 Å². The Morgan fingerprint density at radius 3 is 1.81 bits per heavy atom. The Balaban J connectivity index is 5.87. The predicted octanol–water partition coefficient (Wildman–Crippen LogP) is 3.48. The van der Waals surface area contributed by atoms with E-state index in [1.165, 1.54) is 6.08 Å². The molecule has 0 aliphatic heterocycles. The van der Waals surface area contributed by atoms with Crippen LogP contribution in [0, 0.1) is 0 Å². The molecule has 0 bridgehead atoms. The number of ether oxygens (including phenoxy) is 2. The van der Waals surface area contributed by atoms with Crippen LogP contribution in [-0.2, 0) is 28.7 Å². The summed E-state index contributed by atoms with van der Waals surface area (Å²) in [6.45, 7) is 12.5. The highest BCUT2D eigenvalue weighted by Crippen LogP contribution is 2.23. The molecule has 0 heterocycles. The molecule has 0 rings (SSSR count). The van der Waals surface area contributed by atoms with E-state index in [-0.39, 0.29) is 0 Å². The Hall–Kier alpha value is -2.24. The molecule has 0 aliphatic carbocycles. The van der Waals surface area contributed by atoms with Gasteiger partial charge in [0, 0.05) is 6.92 Å². The van der Waals surface area contributed by atoms with Gasteiger partial charge >= 0.3 is 17.5 Å². The van der Waals surface area contributed by atoms with Crippen molar-refractivity contribution < 1.29 is 28.7 Å². The lowest BCUT2D eigenvalue weighted by Gasteiger charge is -2.30. The molecule has 6 heteroatoms. The molecule has 0 aromatic rings. The average molecular weight is 366 g/mol. The van der Waals surface area contributed by atoms with E-state index in [4.69, 9.17) is 9.47 Å². The first-order chi connectivity index (χ1) is 11.7. The van der Waals surface area contributed by atoms with Crippen molar-refractivity contribution in [2.45, 2.75) is 79.4 Å². The maximum absolute atomic E-state index is 12.8. The lowest BCUT2D eigenvalue weighted by molar-refractivity contribution is -0.191. The van der Waals surface area contributed by atoms with Gasteiger partial charge in [0.15, 0.2) is 5.78 Å². The summed E-state index contributed by atoms with van der Waals surface area (Å²) >= 11 is 0. The molecule has 1 atom stereocenters. The highest BCUT2D eigenvalue weighted by atomic mass is 16.6. The highest BCUT2D eigenvalue weighted by molar-refractivity contribution is 6.29. The summed E-state index contributed by atoms with van der Waals surface area (Å²) in [5, 5.41) is 0. The Bertz CT molecular complexity index is 629. The van der Waals surface area contributed by atoms with Crippen molar-refractivity contribution in [1.82, 2.24) is 0 Å². The number of esters is 2. The third-order valence-corrected chi connectivity index (χ3v) is 3.29. The van der Waals surface area contributed by atoms with Gasteiger partial charge in [-0.05, 0) is 67.4 Å². The van der Waals surface area contributed by atoms with Crippen molar-refractivity contribution >= 4 is 23.5 Å². The number of carbonyl (C=O) groups excluding carboxylic acids is 4. The lowest BCUT2D eigenvalue weighted by atomic mass is 9.91. The van der Waals surface area contributed by atoms with E-state index < -0.39 is 34.7 Å². The highest BCUT2D eigenvalue weighted by Gasteiger charge is 2.55. The maximum atomic E-state index is 12.8. The summed E-state index contributed by atoms with van der Waals surface area (Å²) < 4.78 is 10.1. The minimum atomic E-state index is -2.61. The van der Waals surface area contributed by atoms with E-state index in [1.54, 1.807) is 27.7 Å². The molecule has 0 N–H and O–H groups in total. The fourth-order valence-corrected chi connectivity index (χ4v) is 2.13. The first kappa shape index (κ1) is 23.8. The average Bonchev–Trinajstić information content (AvgIpc) is 2.41. The number of carbonyl (C=O) groups is 4. The summed E-state index contributed by atoms with van der Waals surface area (Å²) in [5.74, 6) is -3.93. The zero-order valence-electron chi connectivity index (χ0n) is 17.0. The van der Waals surface area contributed by atoms with Crippen LogP contribution in [0.25, 0.3) is 0 Å². The topological polar surface area (TPSA) is 86.7 Å². The largest absolute Gasteiger partial charge is 0.456 e. The van der Waals surface area contributed by atoms with Crippen LogP contribution in [0.3, 0.4) is 0 Å². The summed E-state index contributed by atoms with van der Waals surface area (Å²) in [7, 11) is 0. The second-order valence-corrected chi connectivity index (χ2v) is 7.51. The number of hydrogen-bond acceptors (Lipinski definition) is 6. The summed E-state index contributed by atoms with van der Waals surface area (Å²) in [5.41, 5.74) is -1.76. The molecule has 0 aliphatic rings. The molecule has 146 valence electrons. The quantitative estimate of drug-likeness (QED) is 0.283. The van der Waals surface area contributed by atoms with Crippen molar-refractivity contribution in [2.24, 2.45) is 0 Å². The monoisotopic (exact) mass is 366 g/mol. The lowest BCUT2D eigenvalue weighted by Crippen LogP contribution is -2.57. The Kier molecular flexibility index (Phi) is 8.64. The van der Waals surface area contributed by atoms with Gasteiger partial charge in [0.1, 0.15) is 5.60 Å². The van der Waals surface area contributed by atoms with E-state index in [1.807, 2.05) is 19.9 Å². The normalized spacial score (nSPS) is 14.1. The van der Waals surface area contributed by atoms with Crippen LogP contribution >= 0.6 is 0 Å². The van der Waals surface area contributed by atoms with Gasteiger partial charge in [0.25, 0.3) is 0 Å². The van der Waals surface area contributed by atoms with E-state index in [0.29, 0.717) is 18.4 Å². The van der Waals surface area contributed by atoms with E-state index in [2.05, 4.69) is 0 Å². The minimum Gasteiger partial charge on any atom is -0.456 e. The van der Waals surface area contributed by atoms with Gasteiger partial charge in [-0.1, -0.05) is 17.2 Å². The molecule has 0 fully saturated rings. The standard InChI is InChI=1S/C20H30O6/c1-13(2)10-9-11-14(3)12-17(23)20(15(4)21,25-16(5)22)18(24)26-19(6,7)8/h10,12H,9,11H2,1-8H3/b14-12+. The molecule has 0 aromatic carbocycles. The molecule has 0 saturated heterocycles. The van der Waals surface area contributed by atoms with Gasteiger partial charge in [-0.15, -0.1) is 0 Å². The third-order valence-electron chi connectivity index (χ3n) is 3.29. The van der Waals surface area contributed by atoms with Crippen molar-refractivity contribution in [2.75, 3.05) is 0 Å². The van der Waals surface area contributed by atoms with Crippen LogP contribution in [0.5, 0.6) is 0 Å².